The van der Waals surface area contributed by atoms with Gasteiger partial charge in [-0.05, 0) is 47.5 Å². The predicted octanol–water partition coefficient (Wildman–Crippen LogP) is 4.30. The van der Waals surface area contributed by atoms with Gasteiger partial charge in [-0.15, -0.1) is 0 Å². The van der Waals surface area contributed by atoms with Gasteiger partial charge in [0.25, 0.3) is 0 Å². The van der Waals surface area contributed by atoms with E-state index in [1.54, 1.807) is 7.11 Å². The van der Waals surface area contributed by atoms with Crippen LogP contribution in [0.2, 0.25) is 0 Å². The molecule has 0 aromatic heterocycles. The molecule has 0 aliphatic heterocycles. The van der Waals surface area contributed by atoms with Crippen LogP contribution < -0.4 is 15.4 Å². The Morgan fingerprint density at radius 1 is 1.00 bits per heavy atom. The summed E-state index contributed by atoms with van der Waals surface area (Å²) in [5.41, 5.74) is 2.40. The van der Waals surface area contributed by atoms with Gasteiger partial charge in [-0.1, -0.05) is 42.5 Å². The van der Waals surface area contributed by atoms with Gasteiger partial charge in [0, 0.05) is 12.2 Å². The molecule has 3 rings (SSSR count). The van der Waals surface area contributed by atoms with Crippen molar-refractivity contribution in [2.24, 2.45) is 0 Å². The van der Waals surface area contributed by atoms with Gasteiger partial charge < -0.3 is 10.1 Å². The fourth-order valence-corrected chi connectivity index (χ4v) is 2.76. The maximum absolute atomic E-state index is 13.1. The van der Waals surface area contributed by atoms with Crippen LogP contribution in [0.25, 0.3) is 0 Å². The third-order valence-electron chi connectivity index (χ3n) is 4.15. The minimum atomic E-state index is -0.553. The van der Waals surface area contributed by atoms with Crippen LogP contribution in [0.15, 0.2) is 78.9 Å². The highest BCUT2D eigenvalue weighted by atomic mass is 19.1. The Bertz CT molecular complexity index is 882. The van der Waals surface area contributed by atoms with Crippen molar-refractivity contribution in [1.29, 1.82) is 0 Å². The van der Waals surface area contributed by atoms with Gasteiger partial charge in [0.15, 0.2) is 0 Å². The molecule has 0 bridgehead atoms. The normalized spacial score (nSPS) is 11.6. The van der Waals surface area contributed by atoms with Crippen molar-refractivity contribution < 1.29 is 13.9 Å². The number of benzene rings is 3. The number of rotatable bonds is 7. The van der Waals surface area contributed by atoms with Crippen molar-refractivity contribution in [3.8, 4) is 5.75 Å². The summed E-state index contributed by atoms with van der Waals surface area (Å²) in [5.74, 6) is 0.209. The van der Waals surface area contributed by atoms with E-state index in [4.69, 9.17) is 4.74 Å². The van der Waals surface area contributed by atoms with Gasteiger partial charge in [0.1, 0.15) is 17.6 Å². The fraction of sp³-hybridized carbons (Fsp3) is 0.136. The van der Waals surface area contributed by atoms with E-state index in [1.807, 2.05) is 54.6 Å². The molecule has 27 heavy (non-hydrogen) atoms. The zero-order valence-electron chi connectivity index (χ0n) is 15.0. The molecule has 0 radical (unpaired) electrons. The monoisotopic (exact) mass is 364 g/mol. The lowest BCUT2D eigenvalue weighted by Crippen LogP contribution is -2.32. The Morgan fingerprint density at radius 3 is 2.44 bits per heavy atom. The standard InChI is InChI=1S/C22H21FN2O2/c1-27-20-9-5-6-16(14-20)15-24-21(17-7-3-2-4-8-17)22(26)25-19-12-10-18(23)11-13-19/h2-14,21,24H,15H2,1H3,(H,25,26). The van der Waals surface area contributed by atoms with E-state index in [9.17, 15) is 9.18 Å². The topological polar surface area (TPSA) is 50.4 Å². The molecule has 138 valence electrons. The number of amides is 1. The molecule has 0 heterocycles. The maximum Gasteiger partial charge on any atom is 0.246 e. The van der Waals surface area contributed by atoms with Gasteiger partial charge >= 0.3 is 0 Å². The number of hydrogen-bond donors (Lipinski definition) is 2. The highest BCUT2D eigenvalue weighted by molar-refractivity contribution is 5.95. The molecule has 4 nitrogen and oxygen atoms in total. The first-order valence-corrected chi connectivity index (χ1v) is 8.63. The number of methoxy groups -OCH3 is 1. The van der Waals surface area contributed by atoms with Crippen molar-refractivity contribution in [3.63, 3.8) is 0 Å². The lowest BCUT2D eigenvalue weighted by molar-refractivity contribution is -0.118. The summed E-state index contributed by atoms with van der Waals surface area (Å²) in [6.07, 6.45) is 0. The predicted molar refractivity (Wildman–Crippen MR) is 104 cm³/mol. The van der Waals surface area contributed by atoms with Gasteiger partial charge in [-0.2, -0.15) is 0 Å². The molecule has 0 aliphatic carbocycles. The second kappa shape index (κ2) is 8.96. The van der Waals surface area contributed by atoms with Gasteiger partial charge in [-0.3, -0.25) is 10.1 Å². The Hall–Kier alpha value is -3.18. The number of carbonyl (C=O) groups is 1. The summed E-state index contributed by atoms with van der Waals surface area (Å²) < 4.78 is 18.3. The van der Waals surface area contributed by atoms with Crippen LogP contribution >= 0.6 is 0 Å². The summed E-state index contributed by atoms with van der Waals surface area (Å²) >= 11 is 0. The minimum Gasteiger partial charge on any atom is -0.497 e. The first-order chi connectivity index (χ1) is 13.2. The summed E-state index contributed by atoms with van der Waals surface area (Å²) in [5, 5.41) is 6.13. The largest absolute Gasteiger partial charge is 0.497 e. The van der Waals surface area contributed by atoms with Crippen molar-refractivity contribution in [2.45, 2.75) is 12.6 Å². The van der Waals surface area contributed by atoms with E-state index >= 15 is 0 Å². The molecular formula is C22H21FN2O2. The molecule has 0 spiro atoms. The minimum absolute atomic E-state index is 0.212. The van der Waals surface area contributed by atoms with Gasteiger partial charge in [0.05, 0.1) is 7.11 Å². The molecule has 1 amide bonds. The number of anilines is 1. The fourth-order valence-electron chi connectivity index (χ4n) is 2.76. The van der Waals surface area contributed by atoms with E-state index in [0.29, 0.717) is 12.2 Å². The Morgan fingerprint density at radius 2 is 1.74 bits per heavy atom. The van der Waals surface area contributed by atoms with Gasteiger partial charge in [-0.25, -0.2) is 4.39 Å². The first-order valence-electron chi connectivity index (χ1n) is 8.63. The van der Waals surface area contributed by atoms with Crippen LogP contribution in [-0.2, 0) is 11.3 Å². The van der Waals surface area contributed by atoms with E-state index in [1.165, 1.54) is 24.3 Å². The van der Waals surface area contributed by atoms with Crippen LogP contribution in [0.4, 0.5) is 10.1 Å². The molecule has 3 aromatic carbocycles. The van der Waals surface area contributed by atoms with Crippen molar-refractivity contribution >= 4 is 11.6 Å². The van der Waals surface area contributed by atoms with Gasteiger partial charge in [0.2, 0.25) is 5.91 Å². The Labute approximate surface area is 158 Å². The molecule has 0 saturated heterocycles. The second-order valence-electron chi connectivity index (χ2n) is 6.07. The molecule has 2 N–H and O–H groups in total. The number of halogens is 1. The highest BCUT2D eigenvalue weighted by Crippen LogP contribution is 2.18. The number of hydrogen-bond acceptors (Lipinski definition) is 3. The molecule has 3 aromatic rings. The van der Waals surface area contributed by atoms with Crippen molar-refractivity contribution in [1.82, 2.24) is 5.32 Å². The molecule has 0 aliphatic rings. The lowest BCUT2D eigenvalue weighted by atomic mass is 10.1. The highest BCUT2D eigenvalue weighted by Gasteiger charge is 2.20. The van der Waals surface area contributed by atoms with Crippen molar-refractivity contribution in [3.05, 3.63) is 95.8 Å². The summed E-state index contributed by atoms with van der Waals surface area (Å²) in [6, 6.07) is 22.3. The molecular weight excluding hydrogens is 343 g/mol. The van der Waals surface area contributed by atoms with Crippen molar-refractivity contribution in [2.75, 3.05) is 12.4 Å². The quantitative estimate of drug-likeness (QED) is 0.657. The van der Waals surface area contributed by atoms with E-state index in [-0.39, 0.29) is 11.7 Å². The molecule has 5 heteroatoms. The Balaban J connectivity index is 1.76. The zero-order chi connectivity index (χ0) is 19.1. The first kappa shape index (κ1) is 18.6. The Kier molecular flexibility index (Phi) is 6.18. The van der Waals surface area contributed by atoms with Crippen LogP contribution in [0.5, 0.6) is 5.75 Å². The number of ether oxygens (including phenoxy) is 1. The summed E-state index contributed by atoms with van der Waals surface area (Å²) in [6.45, 7) is 0.494. The smallest absolute Gasteiger partial charge is 0.246 e. The lowest BCUT2D eigenvalue weighted by Gasteiger charge is -2.19. The second-order valence-corrected chi connectivity index (χ2v) is 6.07. The van der Waals surface area contributed by atoms with E-state index < -0.39 is 6.04 Å². The van der Waals surface area contributed by atoms with E-state index in [0.717, 1.165) is 16.9 Å². The molecule has 1 unspecified atom stereocenters. The number of nitrogens with one attached hydrogen (secondary N) is 2. The SMILES string of the molecule is COc1cccc(CNC(C(=O)Nc2ccc(F)cc2)c2ccccc2)c1. The zero-order valence-corrected chi connectivity index (χ0v) is 15.0. The molecule has 0 saturated carbocycles. The maximum atomic E-state index is 13.1. The van der Waals surface area contributed by atoms with Crippen LogP contribution in [-0.4, -0.2) is 13.0 Å². The average Bonchev–Trinajstić information content (AvgIpc) is 2.71. The molecule has 0 fully saturated rings. The molecule has 1 atom stereocenters. The summed E-state index contributed by atoms with van der Waals surface area (Å²) in [7, 11) is 1.62. The van der Waals surface area contributed by atoms with Crippen LogP contribution in [0, 0.1) is 5.82 Å². The van der Waals surface area contributed by atoms with Crippen LogP contribution in [0.1, 0.15) is 17.2 Å². The third kappa shape index (κ3) is 5.15. The summed E-state index contributed by atoms with van der Waals surface area (Å²) in [4.78, 5) is 12.9. The number of carbonyl (C=O) groups excluding carboxylic acids is 1. The average molecular weight is 364 g/mol. The third-order valence-corrected chi connectivity index (χ3v) is 4.15. The van der Waals surface area contributed by atoms with E-state index in [2.05, 4.69) is 10.6 Å². The van der Waals surface area contributed by atoms with Crippen LogP contribution in [0.3, 0.4) is 0 Å².